The molecule has 3 aromatic rings. The molecule has 0 unspecified atom stereocenters. The Bertz CT molecular complexity index is 1050. The lowest BCUT2D eigenvalue weighted by molar-refractivity contribution is -0.138. The minimum atomic E-state index is -0.804. The number of methoxy groups -OCH3 is 1. The minimum Gasteiger partial charge on any atom is -0.495 e. The van der Waals surface area contributed by atoms with Gasteiger partial charge in [-0.2, -0.15) is 32.1 Å². The molecule has 0 radical (unpaired) electrons. The number of aliphatic carboxylic acids is 1. The van der Waals surface area contributed by atoms with Crippen molar-refractivity contribution in [1.29, 1.82) is 0 Å². The quantitative estimate of drug-likeness (QED) is 0.573. The number of hydrogen-bond donors (Lipinski definition) is 1. The summed E-state index contributed by atoms with van der Waals surface area (Å²) < 4.78 is 11.2. The number of carboxylic acid groups (broad SMARTS) is 1. The van der Waals surface area contributed by atoms with Gasteiger partial charge in [0.15, 0.2) is 0 Å². The molecule has 1 aliphatic carbocycles. The normalized spacial score (nSPS) is 16.5. The zero-order valence-corrected chi connectivity index (χ0v) is 19.2. The first-order valence-corrected chi connectivity index (χ1v) is 9.34. The first kappa shape index (κ1) is 24.5. The number of aromatic nitrogens is 3. The van der Waals surface area contributed by atoms with E-state index in [0.29, 0.717) is 36.0 Å². The maximum Gasteiger partial charge on any atom is 0.307 e. The minimum absolute atomic E-state index is 0. The zero-order chi connectivity index (χ0) is 20.4. The van der Waals surface area contributed by atoms with Crippen LogP contribution in [0.5, 0.6) is 11.6 Å². The molecule has 1 aliphatic rings. The molecule has 164 valence electrons. The van der Waals surface area contributed by atoms with E-state index in [1.807, 2.05) is 43.3 Å². The van der Waals surface area contributed by atoms with Crippen molar-refractivity contribution in [2.45, 2.75) is 25.9 Å². The predicted molar refractivity (Wildman–Crippen MR) is 127 cm³/mol. The first-order valence-electron chi connectivity index (χ1n) is 9.34. The molecule has 2 aromatic heterocycles. The SMILES string of the molecule is COc1ccc(-c2cnnc(OCc3ccc(C)cc3)c2)nc1[C@H]1C[C@@H]1C(=O)O.S.S. The summed E-state index contributed by atoms with van der Waals surface area (Å²) in [5, 5.41) is 17.3. The monoisotopic (exact) mass is 459 g/mol. The van der Waals surface area contributed by atoms with Gasteiger partial charge >= 0.3 is 5.97 Å². The fourth-order valence-electron chi connectivity index (χ4n) is 3.23. The van der Waals surface area contributed by atoms with Gasteiger partial charge in [0.1, 0.15) is 12.4 Å². The van der Waals surface area contributed by atoms with Gasteiger partial charge in [0.2, 0.25) is 5.88 Å². The highest BCUT2D eigenvalue weighted by Crippen LogP contribution is 2.50. The number of carboxylic acids is 1. The van der Waals surface area contributed by atoms with Crippen molar-refractivity contribution in [3.05, 3.63) is 65.5 Å². The summed E-state index contributed by atoms with van der Waals surface area (Å²) in [4.78, 5) is 15.9. The Hall–Kier alpha value is -2.78. The molecule has 2 atom stereocenters. The number of ether oxygens (including phenoxy) is 2. The highest BCUT2D eigenvalue weighted by Gasteiger charge is 2.46. The molecule has 1 saturated carbocycles. The molecule has 31 heavy (non-hydrogen) atoms. The van der Waals surface area contributed by atoms with Gasteiger partial charge in [-0.3, -0.25) is 4.79 Å². The summed E-state index contributed by atoms with van der Waals surface area (Å²) in [5.74, 6) is -0.343. The van der Waals surface area contributed by atoms with E-state index in [9.17, 15) is 9.90 Å². The van der Waals surface area contributed by atoms with E-state index in [1.54, 1.807) is 19.4 Å². The van der Waals surface area contributed by atoms with Crippen LogP contribution in [0.1, 0.15) is 29.2 Å². The van der Waals surface area contributed by atoms with Gasteiger partial charge in [-0.05, 0) is 31.0 Å². The average Bonchev–Trinajstić information content (AvgIpc) is 3.54. The van der Waals surface area contributed by atoms with Gasteiger partial charge in [0, 0.05) is 17.5 Å². The zero-order valence-electron chi connectivity index (χ0n) is 17.2. The Morgan fingerprint density at radius 3 is 2.55 bits per heavy atom. The highest BCUT2D eigenvalue weighted by atomic mass is 32.1. The number of carbonyl (C=O) groups is 1. The standard InChI is InChI=1S/C22H21N3O4.2H2S/c1-13-3-5-14(6-4-13)12-29-20-9-15(11-23-25-20)18-7-8-19(28-2)21(24-18)16-10-17(16)22(26)27;;/h3-9,11,16-17H,10,12H2,1-2H3,(H,26,27);2*1H2/t16-,17-;;/m0../s1. The van der Waals surface area contributed by atoms with E-state index < -0.39 is 11.9 Å². The molecule has 7 nitrogen and oxygen atoms in total. The molecule has 1 N–H and O–H groups in total. The second kappa shape index (κ2) is 10.5. The molecule has 9 heteroatoms. The van der Waals surface area contributed by atoms with Gasteiger partial charge in [-0.25, -0.2) is 4.98 Å². The van der Waals surface area contributed by atoms with E-state index in [2.05, 4.69) is 15.2 Å². The molecule has 0 bridgehead atoms. The van der Waals surface area contributed by atoms with Crippen LogP contribution in [0.25, 0.3) is 11.3 Å². The molecule has 2 heterocycles. The molecular weight excluding hydrogens is 434 g/mol. The van der Waals surface area contributed by atoms with Gasteiger partial charge in [0.05, 0.1) is 30.6 Å². The third-order valence-electron chi connectivity index (χ3n) is 5.00. The Kier molecular flexibility index (Phi) is 8.29. The van der Waals surface area contributed by atoms with Gasteiger partial charge in [-0.1, -0.05) is 29.8 Å². The number of rotatable bonds is 7. The Morgan fingerprint density at radius 2 is 1.90 bits per heavy atom. The molecule has 1 aromatic carbocycles. The Balaban J connectivity index is 0.00000171. The van der Waals surface area contributed by atoms with Gasteiger partial charge in [0.25, 0.3) is 0 Å². The fraction of sp³-hybridized carbons (Fsp3) is 0.273. The van der Waals surface area contributed by atoms with Crippen molar-refractivity contribution in [3.63, 3.8) is 0 Å². The van der Waals surface area contributed by atoms with Crippen molar-refractivity contribution in [1.82, 2.24) is 15.2 Å². The number of nitrogens with zero attached hydrogens (tertiary/aromatic N) is 3. The van der Waals surface area contributed by atoms with Crippen molar-refractivity contribution < 1.29 is 19.4 Å². The summed E-state index contributed by atoms with van der Waals surface area (Å²) in [5.41, 5.74) is 4.32. The first-order chi connectivity index (χ1) is 14.0. The van der Waals surface area contributed by atoms with Crippen LogP contribution in [0.3, 0.4) is 0 Å². The molecule has 0 aliphatic heterocycles. The van der Waals surface area contributed by atoms with Crippen LogP contribution < -0.4 is 9.47 Å². The third kappa shape index (κ3) is 5.68. The number of pyridine rings is 1. The summed E-state index contributed by atoms with van der Waals surface area (Å²) in [6.45, 7) is 2.43. The second-order valence-corrected chi connectivity index (χ2v) is 7.13. The van der Waals surface area contributed by atoms with E-state index in [-0.39, 0.29) is 32.9 Å². The molecule has 0 amide bonds. The number of hydrogen-bond acceptors (Lipinski definition) is 6. The van der Waals surface area contributed by atoms with E-state index in [1.165, 1.54) is 5.56 Å². The average molecular weight is 460 g/mol. The summed E-state index contributed by atoms with van der Waals surface area (Å²) in [6, 6.07) is 13.5. The van der Waals surface area contributed by atoms with Crippen LogP contribution >= 0.6 is 27.0 Å². The highest BCUT2D eigenvalue weighted by molar-refractivity contribution is 7.59. The van der Waals surface area contributed by atoms with Crippen LogP contribution in [0, 0.1) is 12.8 Å². The maximum atomic E-state index is 11.2. The number of benzene rings is 1. The Morgan fingerprint density at radius 1 is 1.16 bits per heavy atom. The lowest BCUT2D eigenvalue weighted by Gasteiger charge is -2.10. The largest absolute Gasteiger partial charge is 0.495 e. The number of aryl methyl sites for hydroxylation is 1. The van der Waals surface area contributed by atoms with E-state index in [4.69, 9.17) is 9.47 Å². The molecular formula is C22H25N3O4S2. The van der Waals surface area contributed by atoms with Crippen LogP contribution in [-0.4, -0.2) is 33.4 Å². The van der Waals surface area contributed by atoms with Crippen LogP contribution in [0.15, 0.2) is 48.7 Å². The third-order valence-corrected chi connectivity index (χ3v) is 5.00. The van der Waals surface area contributed by atoms with E-state index >= 15 is 0 Å². The second-order valence-electron chi connectivity index (χ2n) is 7.13. The summed E-state index contributed by atoms with van der Waals surface area (Å²) >= 11 is 0. The Labute approximate surface area is 194 Å². The van der Waals surface area contributed by atoms with Crippen LogP contribution in [0.4, 0.5) is 0 Å². The summed E-state index contributed by atoms with van der Waals surface area (Å²) in [6.07, 6.45) is 2.18. The van der Waals surface area contributed by atoms with Crippen molar-refractivity contribution in [2.75, 3.05) is 7.11 Å². The topological polar surface area (TPSA) is 94.4 Å². The summed E-state index contributed by atoms with van der Waals surface area (Å²) in [7, 11) is 1.56. The lowest BCUT2D eigenvalue weighted by atomic mass is 10.1. The smallest absolute Gasteiger partial charge is 0.307 e. The van der Waals surface area contributed by atoms with Crippen LogP contribution in [0.2, 0.25) is 0 Å². The van der Waals surface area contributed by atoms with Crippen molar-refractivity contribution >= 4 is 33.0 Å². The maximum absolute atomic E-state index is 11.2. The molecule has 0 spiro atoms. The molecule has 4 rings (SSSR count). The van der Waals surface area contributed by atoms with Crippen molar-refractivity contribution in [3.8, 4) is 22.9 Å². The van der Waals surface area contributed by atoms with Gasteiger partial charge < -0.3 is 14.6 Å². The van der Waals surface area contributed by atoms with E-state index in [0.717, 1.165) is 11.1 Å². The molecule has 0 saturated heterocycles. The predicted octanol–water partition coefficient (Wildman–Crippen LogP) is 3.85. The fourth-order valence-corrected chi connectivity index (χ4v) is 3.23. The van der Waals surface area contributed by atoms with Crippen LogP contribution in [-0.2, 0) is 11.4 Å². The van der Waals surface area contributed by atoms with Crippen molar-refractivity contribution in [2.24, 2.45) is 5.92 Å². The lowest BCUT2D eigenvalue weighted by Crippen LogP contribution is -2.03. The van der Waals surface area contributed by atoms with Gasteiger partial charge in [-0.15, -0.1) is 5.10 Å². The molecule has 1 fully saturated rings.